The third kappa shape index (κ3) is 5.44. The Hall–Kier alpha value is -3.30. The number of carbonyl (C=O) groups is 3. The van der Waals surface area contributed by atoms with E-state index in [1.165, 1.54) is 11.8 Å². The lowest BCUT2D eigenvalue weighted by Crippen LogP contribution is -2.53. The van der Waals surface area contributed by atoms with Crippen LogP contribution in [0.5, 0.6) is 0 Å². The van der Waals surface area contributed by atoms with E-state index in [0.29, 0.717) is 49.8 Å². The van der Waals surface area contributed by atoms with Crippen LogP contribution in [-0.2, 0) is 25.6 Å². The average Bonchev–Trinajstić information content (AvgIpc) is 2.98. The van der Waals surface area contributed by atoms with E-state index in [-0.39, 0.29) is 18.4 Å². The highest BCUT2D eigenvalue weighted by Crippen LogP contribution is 2.26. The van der Waals surface area contributed by atoms with Gasteiger partial charge in [-0.3, -0.25) is 14.5 Å². The minimum atomic E-state index is -0.612. The predicted octanol–water partition coefficient (Wildman–Crippen LogP) is 2.16. The fourth-order valence-corrected chi connectivity index (χ4v) is 3.41. The number of nitrogens with two attached hydrogens (primary N) is 1. The van der Waals surface area contributed by atoms with Crippen molar-refractivity contribution in [2.24, 2.45) is 0 Å². The largest absolute Gasteiger partial charge is 0.466 e. The fourth-order valence-electron chi connectivity index (χ4n) is 3.41. The van der Waals surface area contributed by atoms with Crippen molar-refractivity contribution in [3.8, 4) is 0 Å². The van der Waals surface area contributed by atoms with Crippen LogP contribution in [-0.4, -0.2) is 64.3 Å². The van der Waals surface area contributed by atoms with E-state index in [4.69, 9.17) is 15.2 Å². The first-order valence-electron chi connectivity index (χ1n) is 10.2. The van der Waals surface area contributed by atoms with Gasteiger partial charge in [0.1, 0.15) is 12.1 Å². The Morgan fingerprint density at radius 3 is 2.61 bits per heavy atom. The van der Waals surface area contributed by atoms with Crippen molar-refractivity contribution in [3.05, 3.63) is 18.2 Å². The molecular weight excluding hydrogens is 402 g/mol. The highest BCUT2D eigenvalue weighted by atomic mass is 16.6. The van der Waals surface area contributed by atoms with Gasteiger partial charge in [-0.25, -0.2) is 9.78 Å². The fraction of sp³-hybridized carbons (Fsp3) is 0.524. The van der Waals surface area contributed by atoms with Crippen LogP contribution < -0.4 is 10.6 Å². The number of nitrogen functional groups attached to an aromatic ring is 1. The number of imidazole rings is 1. The van der Waals surface area contributed by atoms with E-state index in [1.807, 2.05) is 22.8 Å². The molecule has 10 heteroatoms. The van der Waals surface area contributed by atoms with Gasteiger partial charge in [0.15, 0.2) is 0 Å². The summed E-state index contributed by atoms with van der Waals surface area (Å²) in [4.78, 5) is 43.3. The van der Waals surface area contributed by atoms with Gasteiger partial charge in [-0.05, 0) is 45.4 Å². The second kappa shape index (κ2) is 8.83. The highest BCUT2D eigenvalue weighted by molar-refractivity contribution is 5.99. The van der Waals surface area contributed by atoms with Crippen LogP contribution in [0.3, 0.4) is 0 Å². The lowest BCUT2D eigenvalue weighted by molar-refractivity contribution is -0.141. The van der Waals surface area contributed by atoms with Gasteiger partial charge in [0.05, 0.1) is 17.6 Å². The standard InChI is InChI=1S/C21H29N5O5/c1-14(27)30-11-5-8-26-17-7-6-15(12-16(17)23-19(26)22)25-10-9-24(13-18(25)28)20(29)31-21(2,3)4/h6-7,12H,5,8-11,13H2,1-4H3,(H2,22,23). The van der Waals surface area contributed by atoms with E-state index < -0.39 is 11.7 Å². The molecule has 1 saturated heterocycles. The normalized spacial score (nSPS) is 14.8. The summed E-state index contributed by atoms with van der Waals surface area (Å²) in [6.45, 7) is 8.31. The van der Waals surface area contributed by atoms with Gasteiger partial charge in [0, 0.05) is 32.2 Å². The Morgan fingerprint density at radius 2 is 1.97 bits per heavy atom. The van der Waals surface area contributed by atoms with Crippen LogP contribution in [0.1, 0.15) is 34.1 Å². The number of ether oxygens (including phenoxy) is 2. The maximum absolute atomic E-state index is 12.7. The second-order valence-corrected chi connectivity index (χ2v) is 8.44. The minimum Gasteiger partial charge on any atom is -0.466 e. The number of aryl methyl sites for hydroxylation is 1. The molecule has 1 fully saturated rings. The first-order chi connectivity index (χ1) is 14.5. The molecule has 0 spiro atoms. The number of aromatic nitrogens is 2. The number of esters is 1. The number of carbonyl (C=O) groups excluding carboxylic acids is 3. The summed E-state index contributed by atoms with van der Waals surface area (Å²) < 4.78 is 12.2. The zero-order chi connectivity index (χ0) is 22.8. The molecular formula is C21H29N5O5. The molecule has 0 saturated carbocycles. The van der Waals surface area contributed by atoms with Crippen LogP contribution in [0.25, 0.3) is 11.0 Å². The van der Waals surface area contributed by atoms with Crippen LogP contribution in [0.4, 0.5) is 16.4 Å². The van der Waals surface area contributed by atoms with Gasteiger partial charge in [0.2, 0.25) is 11.9 Å². The topological polar surface area (TPSA) is 120 Å². The molecule has 2 heterocycles. The molecule has 0 aliphatic carbocycles. The van der Waals surface area contributed by atoms with Crippen molar-refractivity contribution >= 4 is 40.6 Å². The van der Waals surface area contributed by atoms with Crippen molar-refractivity contribution < 1.29 is 23.9 Å². The number of nitrogens with zero attached hydrogens (tertiary/aromatic N) is 4. The summed E-state index contributed by atoms with van der Waals surface area (Å²) in [5, 5.41) is 0. The van der Waals surface area contributed by atoms with Crippen LogP contribution in [0, 0.1) is 0 Å². The summed E-state index contributed by atoms with van der Waals surface area (Å²) in [6, 6.07) is 5.52. The lowest BCUT2D eigenvalue weighted by atomic mass is 10.2. The molecule has 2 aromatic rings. The number of hydrogen-bond acceptors (Lipinski definition) is 7. The summed E-state index contributed by atoms with van der Waals surface area (Å²) in [7, 11) is 0. The molecule has 0 radical (unpaired) electrons. The second-order valence-electron chi connectivity index (χ2n) is 8.44. The van der Waals surface area contributed by atoms with Gasteiger partial charge in [-0.15, -0.1) is 0 Å². The number of hydrogen-bond donors (Lipinski definition) is 1. The van der Waals surface area contributed by atoms with Gasteiger partial charge >= 0.3 is 12.1 Å². The van der Waals surface area contributed by atoms with Gasteiger partial charge in [-0.1, -0.05) is 0 Å². The van der Waals surface area contributed by atoms with Crippen LogP contribution in [0.15, 0.2) is 18.2 Å². The molecule has 2 amide bonds. The van der Waals surface area contributed by atoms with Gasteiger partial charge in [-0.2, -0.15) is 0 Å². The number of piperazine rings is 1. The van der Waals surface area contributed by atoms with E-state index >= 15 is 0 Å². The quantitative estimate of drug-likeness (QED) is 0.569. The molecule has 31 heavy (non-hydrogen) atoms. The number of fused-ring (bicyclic) bond motifs is 1. The maximum Gasteiger partial charge on any atom is 0.410 e. The summed E-state index contributed by atoms with van der Waals surface area (Å²) >= 11 is 0. The molecule has 3 rings (SSSR count). The van der Waals surface area contributed by atoms with E-state index in [2.05, 4.69) is 4.98 Å². The summed E-state index contributed by atoms with van der Waals surface area (Å²) in [6.07, 6.45) is 0.124. The molecule has 1 aliphatic rings. The number of amides is 2. The Kier molecular flexibility index (Phi) is 6.37. The van der Waals surface area contributed by atoms with Gasteiger partial charge in [0.25, 0.3) is 0 Å². The van der Waals surface area contributed by atoms with E-state index in [1.54, 1.807) is 25.7 Å². The predicted molar refractivity (Wildman–Crippen MR) is 116 cm³/mol. The third-order valence-electron chi connectivity index (χ3n) is 4.78. The zero-order valence-corrected chi connectivity index (χ0v) is 18.4. The summed E-state index contributed by atoms with van der Waals surface area (Å²) in [5.41, 5.74) is 7.65. The smallest absolute Gasteiger partial charge is 0.410 e. The van der Waals surface area contributed by atoms with Crippen molar-refractivity contribution in [1.29, 1.82) is 0 Å². The van der Waals surface area contributed by atoms with Crippen molar-refractivity contribution in [3.63, 3.8) is 0 Å². The highest BCUT2D eigenvalue weighted by Gasteiger charge is 2.31. The number of rotatable bonds is 5. The molecule has 168 valence electrons. The minimum absolute atomic E-state index is 0.0420. The molecule has 2 N–H and O–H groups in total. The Bertz CT molecular complexity index is 994. The molecule has 0 unspecified atom stereocenters. The first kappa shape index (κ1) is 22.4. The van der Waals surface area contributed by atoms with E-state index in [0.717, 1.165) is 5.52 Å². The van der Waals surface area contributed by atoms with E-state index in [9.17, 15) is 14.4 Å². The Labute approximate surface area is 180 Å². The molecule has 0 bridgehead atoms. The van der Waals surface area contributed by atoms with Gasteiger partial charge < -0.3 is 24.7 Å². The first-order valence-corrected chi connectivity index (χ1v) is 10.2. The van der Waals surface area contributed by atoms with Crippen molar-refractivity contribution in [2.45, 2.75) is 46.3 Å². The summed E-state index contributed by atoms with van der Waals surface area (Å²) in [5.74, 6) is -0.147. The molecule has 10 nitrogen and oxygen atoms in total. The number of benzene rings is 1. The Balaban J connectivity index is 1.69. The Morgan fingerprint density at radius 1 is 1.23 bits per heavy atom. The zero-order valence-electron chi connectivity index (χ0n) is 18.4. The number of anilines is 2. The maximum atomic E-state index is 12.7. The van der Waals surface area contributed by atoms with Crippen molar-refractivity contribution in [1.82, 2.24) is 14.5 Å². The molecule has 1 aromatic carbocycles. The van der Waals surface area contributed by atoms with Crippen LogP contribution in [0.2, 0.25) is 0 Å². The molecule has 1 aliphatic heterocycles. The van der Waals surface area contributed by atoms with Crippen LogP contribution >= 0.6 is 0 Å². The SMILES string of the molecule is CC(=O)OCCCn1c(N)nc2cc(N3CCN(C(=O)OC(C)(C)C)CC3=O)ccc21. The lowest BCUT2D eigenvalue weighted by Gasteiger charge is -2.35. The van der Waals surface area contributed by atoms with Crippen molar-refractivity contribution in [2.75, 3.05) is 36.9 Å². The third-order valence-corrected chi connectivity index (χ3v) is 4.78. The molecule has 1 aromatic heterocycles. The average molecular weight is 431 g/mol. The molecule has 0 atom stereocenters. The monoisotopic (exact) mass is 431 g/mol.